The fraction of sp³-hybridized carbons (Fsp3) is 0.667. The summed E-state index contributed by atoms with van der Waals surface area (Å²) >= 11 is 0. The lowest BCUT2D eigenvalue weighted by molar-refractivity contribution is 0.0946. The molecule has 108 valence electrons. The first kappa shape index (κ1) is 15.9. The highest BCUT2D eigenvalue weighted by Gasteiger charge is 2.10. The summed E-state index contributed by atoms with van der Waals surface area (Å²) in [7, 11) is 0. The molecule has 1 aromatic heterocycles. The van der Waals surface area contributed by atoms with Crippen LogP contribution < -0.4 is 10.6 Å². The number of hydrogen-bond acceptors (Lipinski definition) is 4. The third-order valence-corrected chi connectivity index (χ3v) is 3.08. The van der Waals surface area contributed by atoms with Crippen LogP contribution in [0, 0.1) is 6.92 Å². The van der Waals surface area contributed by atoms with Crippen molar-refractivity contribution in [3.63, 3.8) is 0 Å². The van der Waals surface area contributed by atoms with Crippen LogP contribution >= 0.6 is 12.4 Å². The number of aromatic amines is 1. The van der Waals surface area contributed by atoms with Crippen molar-refractivity contribution in [3.8, 4) is 0 Å². The van der Waals surface area contributed by atoms with E-state index in [-0.39, 0.29) is 18.3 Å². The molecule has 19 heavy (non-hydrogen) atoms. The largest absolute Gasteiger partial charge is 0.351 e. The molecule has 1 aromatic rings. The smallest absolute Gasteiger partial charge is 0.271 e. The molecule has 2 rings (SSSR count). The Labute approximate surface area is 119 Å². The Morgan fingerprint density at radius 3 is 2.84 bits per heavy atom. The van der Waals surface area contributed by atoms with Crippen molar-refractivity contribution in [1.82, 2.24) is 25.7 Å². The molecule has 7 heteroatoms. The van der Waals surface area contributed by atoms with Crippen LogP contribution in [0.2, 0.25) is 0 Å². The van der Waals surface area contributed by atoms with Crippen LogP contribution in [0.4, 0.5) is 0 Å². The van der Waals surface area contributed by atoms with E-state index in [1.165, 1.54) is 0 Å². The Balaban J connectivity index is 0.00000180. The van der Waals surface area contributed by atoms with Crippen molar-refractivity contribution in [3.05, 3.63) is 17.5 Å². The van der Waals surface area contributed by atoms with Gasteiger partial charge in [0.2, 0.25) is 0 Å². The molecule has 1 aliphatic rings. The number of H-pyrrole nitrogens is 1. The number of piperazine rings is 1. The highest BCUT2D eigenvalue weighted by molar-refractivity contribution is 5.92. The van der Waals surface area contributed by atoms with Crippen molar-refractivity contribution in [1.29, 1.82) is 0 Å². The summed E-state index contributed by atoms with van der Waals surface area (Å²) in [5, 5.41) is 12.9. The molecule has 1 amide bonds. The molecule has 1 fully saturated rings. The Morgan fingerprint density at radius 2 is 2.21 bits per heavy atom. The quantitative estimate of drug-likeness (QED) is 0.675. The standard InChI is InChI=1S/C12H21N5O.ClH/c1-10-9-11(16-15-10)12(18)14-3-2-6-17-7-4-13-5-8-17;/h9,13H,2-8H2,1H3,(H,14,18)(H,15,16);1H. The van der Waals surface area contributed by atoms with E-state index in [0.29, 0.717) is 12.2 Å². The molecule has 3 N–H and O–H groups in total. The Hall–Kier alpha value is -1.11. The van der Waals surface area contributed by atoms with Gasteiger partial charge in [-0.2, -0.15) is 5.10 Å². The van der Waals surface area contributed by atoms with Gasteiger partial charge < -0.3 is 15.5 Å². The molecule has 0 bridgehead atoms. The van der Waals surface area contributed by atoms with Gasteiger partial charge >= 0.3 is 0 Å². The van der Waals surface area contributed by atoms with E-state index in [4.69, 9.17) is 0 Å². The Bertz CT molecular complexity index is 389. The van der Waals surface area contributed by atoms with Crippen LogP contribution in [0.25, 0.3) is 0 Å². The maximum Gasteiger partial charge on any atom is 0.271 e. The third kappa shape index (κ3) is 5.18. The number of nitrogens with zero attached hydrogens (tertiary/aromatic N) is 2. The molecule has 6 nitrogen and oxygen atoms in total. The van der Waals surface area contributed by atoms with Gasteiger partial charge in [0.1, 0.15) is 5.69 Å². The second-order valence-corrected chi connectivity index (χ2v) is 4.64. The van der Waals surface area contributed by atoms with E-state index < -0.39 is 0 Å². The lowest BCUT2D eigenvalue weighted by atomic mass is 10.3. The molecule has 2 heterocycles. The van der Waals surface area contributed by atoms with Gasteiger partial charge in [-0.3, -0.25) is 9.89 Å². The number of amides is 1. The van der Waals surface area contributed by atoms with Crippen LogP contribution in [0.5, 0.6) is 0 Å². The molecule has 0 unspecified atom stereocenters. The molecule has 0 aliphatic carbocycles. The number of nitrogens with one attached hydrogen (secondary N) is 3. The topological polar surface area (TPSA) is 73.1 Å². The molecule has 1 aliphatic heterocycles. The lowest BCUT2D eigenvalue weighted by Gasteiger charge is -2.26. The summed E-state index contributed by atoms with van der Waals surface area (Å²) in [5.74, 6) is -0.0975. The predicted octanol–water partition coefficient (Wildman–Crippen LogP) is 0.165. The minimum Gasteiger partial charge on any atom is -0.351 e. The van der Waals surface area contributed by atoms with Crippen molar-refractivity contribution in [2.24, 2.45) is 0 Å². The van der Waals surface area contributed by atoms with E-state index in [2.05, 4.69) is 25.7 Å². The average Bonchev–Trinajstić information content (AvgIpc) is 2.82. The van der Waals surface area contributed by atoms with E-state index in [1.54, 1.807) is 6.07 Å². The first-order chi connectivity index (χ1) is 8.75. The summed E-state index contributed by atoms with van der Waals surface area (Å²) in [5.41, 5.74) is 1.37. The highest BCUT2D eigenvalue weighted by Crippen LogP contribution is 1.98. The number of hydrogen-bond donors (Lipinski definition) is 3. The zero-order valence-electron chi connectivity index (χ0n) is 11.2. The minimum absolute atomic E-state index is 0. The molecular weight excluding hydrogens is 266 g/mol. The number of aryl methyl sites for hydroxylation is 1. The fourth-order valence-corrected chi connectivity index (χ4v) is 2.06. The van der Waals surface area contributed by atoms with Crippen molar-refractivity contribution in [2.75, 3.05) is 39.3 Å². The van der Waals surface area contributed by atoms with Crippen molar-refractivity contribution < 1.29 is 4.79 Å². The molecular formula is C12H22ClN5O. The van der Waals surface area contributed by atoms with Gasteiger partial charge in [0.05, 0.1) is 0 Å². The predicted molar refractivity (Wildman–Crippen MR) is 76.8 cm³/mol. The third-order valence-electron chi connectivity index (χ3n) is 3.08. The first-order valence-corrected chi connectivity index (χ1v) is 6.49. The lowest BCUT2D eigenvalue weighted by Crippen LogP contribution is -2.44. The zero-order valence-corrected chi connectivity index (χ0v) is 12.1. The van der Waals surface area contributed by atoms with Gasteiger partial charge in [-0.05, 0) is 26.0 Å². The zero-order chi connectivity index (χ0) is 12.8. The van der Waals surface area contributed by atoms with Gasteiger partial charge in [-0.1, -0.05) is 0 Å². The van der Waals surface area contributed by atoms with Crippen molar-refractivity contribution in [2.45, 2.75) is 13.3 Å². The second-order valence-electron chi connectivity index (χ2n) is 4.64. The number of carbonyl (C=O) groups excluding carboxylic acids is 1. The maximum absolute atomic E-state index is 11.7. The van der Waals surface area contributed by atoms with Crippen LogP contribution in [-0.4, -0.2) is 60.3 Å². The average molecular weight is 288 g/mol. The van der Waals surface area contributed by atoms with Crippen LogP contribution in [0.15, 0.2) is 6.07 Å². The SMILES string of the molecule is Cc1cc(C(=O)NCCCN2CCNCC2)n[nH]1.Cl. The molecule has 0 radical (unpaired) electrons. The molecule has 0 atom stereocenters. The van der Waals surface area contributed by atoms with E-state index in [1.807, 2.05) is 6.92 Å². The molecule has 1 saturated heterocycles. The maximum atomic E-state index is 11.7. The summed E-state index contributed by atoms with van der Waals surface area (Å²) in [6.45, 7) is 7.97. The molecule has 0 saturated carbocycles. The summed E-state index contributed by atoms with van der Waals surface area (Å²) < 4.78 is 0. The van der Waals surface area contributed by atoms with Crippen LogP contribution in [0.1, 0.15) is 22.6 Å². The fourth-order valence-electron chi connectivity index (χ4n) is 2.06. The highest BCUT2D eigenvalue weighted by atomic mass is 35.5. The summed E-state index contributed by atoms with van der Waals surface area (Å²) in [6.07, 6.45) is 0.981. The summed E-state index contributed by atoms with van der Waals surface area (Å²) in [4.78, 5) is 14.1. The van der Waals surface area contributed by atoms with E-state index >= 15 is 0 Å². The van der Waals surface area contributed by atoms with Gasteiger partial charge in [0.15, 0.2) is 0 Å². The van der Waals surface area contributed by atoms with Crippen LogP contribution in [0.3, 0.4) is 0 Å². The van der Waals surface area contributed by atoms with Gasteiger partial charge in [-0.15, -0.1) is 12.4 Å². The Morgan fingerprint density at radius 1 is 1.47 bits per heavy atom. The van der Waals surface area contributed by atoms with Crippen LogP contribution in [-0.2, 0) is 0 Å². The first-order valence-electron chi connectivity index (χ1n) is 6.49. The van der Waals surface area contributed by atoms with Gasteiger partial charge in [0, 0.05) is 38.4 Å². The monoisotopic (exact) mass is 287 g/mol. The van der Waals surface area contributed by atoms with Gasteiger partial charge in [0.25, 0.3) is 5.91 Å². The number of halogens is 1. The molecule has 0 aromatic carbocycles. The minimum atomic E-state index is -0.0975. The van der Waals surface area contributed by atoms with E-state index in [9.17, 15) is 4.79 Å². The number of carbonyl (C=O) groups is 1. The Kier molecular flexibility index (Phi) is 6.83. The van der Waals surface area contributed by atoms with Crippen molar-refractivity contribution >= 4 is 18.3 Å². The van der Waals surface area contributed by atoms with Gasteiger partial charge in [-0.25, -0.2) is 0 Å². The second kappa shape index (κ2) is 8.14. The summed E-state index contributed by atoms with van der Waals surface area (Å²) in [6, 6.07) is 1.76. The van der Waals surface area contributed by atoms with E-state index in [0.717, 1.165) is 44.8 Å². The number of rotatable bonds is 5. The molecule has 0 spiro atoms. The number of aromatic nitrogens is 2. The normalized spacial score (nSPS) is 15.8.